The maximum Gasteiger partial charge on any atom is 0.409 e. The fraction of sp³-hybridized carbons (Fsp3) is 0.700. The van der Waals surface area contributed by atoms with Crippen LogP contribution in [0.25, 0.3) is 0 Å². The normalized spacial score (nSPS) is 27.4. The number of nitrogens with zero attached hydrogens (tertiary/aromatic N) is 3. The molecule has 3 heterocycles. The van der Waals surface area contributed by atoms with Crippen molar-refractivity contribution in [2.24, 2.45) is 11.3 Å². The first-order chi connectivity index (χ1) is 19.0. The molecule has 4 fully saturated rings. The van der Waals surface area contributed by atoms with E-state index in [0.717, 1.165) is 70.4 Å². The van der Waals surface area contributed by atoms with Gasteiger partial charge >= 0.3 is 12.2 Å². The zero-order chi connectivity index (χ0) is 27.2. The number of hydrogen-bond acceptors (Lipinski definition) is 6. The molecule has 9 heteroatoms. The molecule has 1 saturated carbocycles. The molecule has 1 aromatic carbocycles. The van der Waals surface area contributed by atoms with Crippen molar-refractivity contribution in [3.05, 3.63) is 35.9 Å². The van der Waals surface area contributed by atoms with Crippen LogP contribution in [0.3, 0.4) is 0 Å². The summed E-state index contributed by atoms with van der Waals surface area (Å²) in [5.41, 5.74) is 1.23. The van der Waals surface area contributed by atoms with Crippen molar-refractivity contribution < 1.29 is 23.9 Å². The Morgan fingerprint density at radius 1 is 1.00 bits per heavy atom. The molecule has 0 aromatic heterocycles. The molecule has 5 rings (SSSR count). The van der Waals surface area contributed by atoms with Crippen LogP contribution in [0.1, 0.15) is 63.9 Å². The average molecular weight is 541 g/mol. The number of hydrogen-bond donors (Lipinski definition) is 1. The molecular formula is C30H44N4O5. The zero-order valence-electron chi connectivity index (χ0n) is 23.3. The molecule has 1 aromatic rings. The van der Waals surface area contributed by atoms with E-state index in [9.17, 15) is 14.4 Å². The Kier molecular flexibility index (Phi) is 8.95. The third-order valence-corrected chi connectivity index (χ3v) is 9.38. The lowest BCUT2D eigenvalue weighted by molar-refractivity contribution is -0.133. The van der Waals surface area contributed by atoms with Gasteiger partial charge in [-0.2, -0.15) is 0 Å². The van der Waals surface area contributed by atoms with Crippen LogP contribution in [-0.4, -0.2) is 90.8 Å². The number of nitrogens with one attached hydrogen (secondary N) is 1. The second-order valence-electron chi connectivity index (χ2n) is 11.8. The third-order valence-electron chi connectivity index (χ3n) is 9.38. The molecule has 39 heavy (non-hydrogen) atoms. The highest BCUT2D eigenvalue weighted by molar-refractivity contribution is 5.78. The summed E-state index contributed by atoms with van der Waals surface area (Å²) in [5.74, 6) is 0.688. The van der Waals surface area contributed by atoms with Gasteiger partial charge in [-0.1, -0.05) is 30.3 Å². The fourth-order valence-corrected chi connectivity index (χ4v) is 7.29. The highest BCUT2D eigenvalue weighted by atomic mass is 16.6. The van der Waals surface area contributed by atoms with Gasteiger partial charge in [0.1, 0.15) is 6.61 Å². The molecule has 3 amide bonds. The van der Waals surface area contributed by atoms with Gasteiger partial charge in [-0.3, -0.25) is 4.79 Å². The molecule has 1 aliphatic carbocycles. The quantitative estimate of drug-likeness (QED) is 0.536. The van der Waals surface area contributed by atoms with Crippen LogP contribution in [0.2, 0.25) is 0 Å². The van der Waals surface area contributed by atoms with Crippen LogP contribution in [0.15, 0.2) is 30.3 Å². The lowest BCUT2D eigenvalue weighted by Gasteiger charge is -2.52. The number of ether oxygens (including phenoxy) is 2. The smallest absolute Gasteiger partial charge is 0.409 e. The van der Waals surface area contributed by atoms with Crippen molar-refractivity contribution in [3.63, 3.8) is 0 Å². The van der Waals surface area contributed by atoms with Crippen molar-refractivity contribution in [2.75, 3.05) is 45.9 Å². The van der Waals surface area contributed by atoms with Crippen LogP contribution in [-0.2, 0) is 20.9 Å². The summed E-state index contributed by atoms with van der Waals surface area (Å²) in [4.78, 5) is 43.8. The Hall–Kier alpha value is -2.81. The van der Waals surface area contributed by atoms with Gasteiger partial charge in [-0.15, -0.1) is 0 Å². The summed E-state index contributed by atoms with van der Waals surface area (Å²) in [6.07, 6.45) is 7.54. The molecule has 4 aliphatic rings. The first kappa shape index (κ1) is 27.7. The van der Waals surface area contributed by atoms with Gasteiger partial charge in [-0.05, 0) is 81.9 Å². The second-order valence-corrected chi connectivity index (χ2v) is 11.8. The van der Waals surface area contributed by atoms with Gasteiger partial charge in [0.15, 0.2) is 0 Å². The molecule has 1 spiro atoms. The van der Waals surface area contributed by atoms with Crippen LogP contribution in [0.5, 0.6) is 0 Å². The molecule has 1 N–H and O–H groups in total. The minimum Gasteiger partial charge on any atom is -0.450 e. The number of carbonyl (C=O) groups is 3. The average Bonchev–Trinajstić information content (AvgIpc) is 3.61. The summed E-state index contributed by atoms with van der Waals surface area (Å²) < 4.78 is 10.4. The van der Waals surface area contributed by atoms with Gasteiger partial charge in [0, 0.05) is 44.7 Å². The Labute approximate surface area is 232 Å². The van der Waals surface area contributed by atoms with Gasteiger partial charge < -0.3 is 29.5 Å². The Morgan fingerprint density at radius 2 is 1.77 bits per heavy atom. The molecule has 3 aliphatic heterocycles. The first-order valence-corrected chi connectivity index (χ1v) is 14.9. The van der Waals surface area contributed by atoms with Crippen molar-refractivity contribution >= 4 is 18.1 Å². The molecule has 214 valence electrons. The van der Waals surface area contributed by atoms with Crippen molar-refractivity contribution in [2.45, 2.75) is 77.0 Å². The summed E-state index contributed by atoms with van der Waals surface area (Å²) in [5, 5.41) is 2.72. The third kappa shape index (κ3) is 6.68. The Bertz CT molecular complexity index is 990. The number of benzene rings is 1. The number of amides is 3. The predicted octanol–water partition coefficient (Wildman–Crippen LogP) is 4.02. The number of rotatable bonds is 8. The van der Waals surface area contributed by atoms with E-state index in [2.05, 4.69) is 15.1 Å². The van der Waals surface area contributed by atoms with E-state index < -0.39 is 6.09 Å². The molecule has 0 bridgehead atoms. The van der Waals surface area contributed by atoms with Gasteiger partial charge in [0.05, 0.1) is 6.61 Å². The summed E-state index contributed by atoms with van der Waals surface area (Å²) >= 11 is 0. The van der Waals surface area contributed by atoms with E-state index in [1.165, 1.54) is 12.8 Å². The minimum absolute atomic E-state index is 0.136. The topological polar surface area (TPSA) is 91.4 Å². The molecule has 3 saturated heterocycles. The number of piperidine rings is 1. The first-order valence-electron chi connectivity index (χ1n) is 14.9. The predicted molar refractivity (Wildman–Crippen MR) is 147 cm³/mol. The highest BCUT2D eigenvalue weighted by Crippen LogP contribution is 2.51. The Balaban J connectivity index is 0.998. The molecule has 1 atom stereocenters. The van der Waals surface area contributed by atoms with E-state index in [-0.39, 0.29) is 18.6 Å². The molecule has 0 radical (unpaired) electrons. The maximum absolute atomic E-state index is 13.0. The molecule has 1 unspecified atom stereocenters. The maximum atomic E-state index is 13.0. The van der Waals surface area contributed by atoms with E-state index in [0.29, 0.717) is 43.0 Å². The van der Waals surface area contributed by atoms with E-state index >= 15 is 0 Å². The van der Waals surface area contributed by atoms with E-state index in [4.69, 9.17) is 9.47 Å². The van der Waals surface area contributed by atoms with Crippen LogP contribution < -0.4 is 5.32 Å². The lowest BCUT2D eigenvalue weighted by Crippen LogP contribution is -2.55. The van der Waals surface area contributed by atoms with Crippen LogP contribution in [0.4, 0.5) is 9.59 Å². The standard InChI is InChI=1S/C30H44N4O5/c1-2-38-29(37)33-18-13-30(22-33)19-25(20-30)32-16-11-24(12-17-32)26-9-6-15-34(26)27(35)10-14-31-28(36)39-21-23-7-4-3-5-8-23/h3-5,7-8,24-26H,2,6,9-22H2,1H3,(H,31,36). The SMILES string of the molecule is CCOC(=O)N1CCC2(CC(N3CCC(C4CCCN4C(=O)CCNC(=O)OCc4ccccc4)CC3)C2)C1. The lowest BCUT2D eigenvalue weighted by atomic mass is 9.64. The van der Waals surface area contributed by atoms with Gasteiger partial charge in [0.25, 0.3) is 0 Å². The van der Waals surface area contributed by atoms with E-state index in [1.54, 1.807) is 0 Å². The number of carbonyl (C=O) groups excluding carboxylic acids is 3. The van der Waals surface area contributed by atoms with Gasteiger partial charge in [0.2, 0.25) is 5.91 Å². The zero-order valence-corrected chi connectivity index (χ0v) is 23.3. The molecule has 9 nitrogen and oxygen atoms in total. The minimum atomic E-state index is -0.485. The summed E-state index contributed by atoms with van der Waals surface area (Å²) in [6, 6.07) is 10.5. The number of likely N-dealkylation sites (tertiary alicyclic amines) is 3. The van der Waals surface area contributed by atoms with E-state index in [1.807, 2.05) is 42.2 Å². The van der Waals surface area contributed by atoms with Crippen molar-refractivity contribution in [1.82, 2.24) is 20.0 Å². The van der Waals surface area contributed by atoms with Crippen LogP contribution >= 0.6 is 0 Å². The second kappa shape index (κ2) is 12.6. The monoisotopic (exact) mass is 540 g/mol. The van der Waals surface area contributed by atoms with Crippen molar-refractivity contribution in [3.8, 4) is 0 Å². The summed E-state index contributed by atoms with van der Waals surface area (Å²) in [7, 11) is 0. The Morgan fingerprint density at radius 3 is 2.51 bits per heavy atom. The fourth-order valence-electron chi connectivity index (χ4n) is 7.29. The summed E-state index contributed by atoms with van der Waals surface area (Å²) in [6.45, 7) is 7.50. The number of alkyl carbamates (subject to hydrolysis) is 1. The van der Waals surface area contributed by atoms with Crippen LogP contribution in [0, 0.1) is 11.3 Å². The highest BCUT2D eigenvalue weighted by Gasteiger charge is 2.51. The molecular weight excluding hydrogens is 496 g/mol. The van der Waals surface area contributed by atoms with Crippen molar-refractivity contribution in [1.29, 1.82) is 0 Å². The van der Waals surface area contributed by atoms with Gasteiger partial charge in [-0.25, -0.2) is 9.59 Å². The largest absolute Gasteiger partial charge is 0.450 e.